The first-order valence-electron chi connectivity index (χ1n) is 2.62. The molecule has 2 nitrogen and oxygen atoms in total. The highest BCUT2D eigenvalue weighted by Crippen LogP contribution is 1.89. The Morgan fingerprint density at radius 2 is 2.38 bits per heavy atom. The normalized spacial score (nSPS) is 8.75. The van der Waals surface area contributed by atoms with Crippen molar-refractivity contribution in [3.8, 4) is 0 Å². The zero-order valence-corrected chi connectivity index (χ0v) is 5.87. The van der Waals surface area contributed by atoms with Crippen LogP contribution in [0.15, 0.2) is 0 Å². The van der Waals surface area contributed by atoms with Crippen molar-refractivity contribution in [2.24, 2.45) is 0 Å². The highest BCUT2D eigenvalue weighted by molar-refractivity contribution is 7.80. The fourth-order valence-corrected chi connectivity index (χ4v) is 0.523. The van der Waals surface area contributed by atoms with Gasteiger partial charge in [-0.05, 0) is 12.2 Å². The summed E-state index contributed by atoms with van der Waals surface area (Å²) in [6.45, 7) is 0. The first-order valence-corrected chi connectivity index (χ1v) is 3.26. The Hall–Kier alpha value is -0.180. The van der Waals surface area contributed by atoms with E-state index in [1.54, 1.807) is 7.05 Å². The molecule has 0 bridgehead atoms. The van der Waals surface area contributed by atoms with Crippen LogP contribution in [0, 0.1) is 0 Å². The van der Waals surface area contributed by atoms with Crippen molar-refractivity contribution in [3.05, 3.63) is 0 Å². The predicted molar refractivity (Wildman–Crippen MR) is 37.2 cm³/mol. The molecule has 0 radical (unpaired) electrons. The first-order chi connectivity index (χ1) is 3.81. The predicted octanol–water partition coefficient (Wildman–Crippen LogP) is 0.442. The lowest BCUT2D eigenvalue weighted by Crippen LogP contribution is -2.16. The molecule has 0 aliphatic rings. The van der Waals surface area contributed by atoms with Crippen LogP contribution in [0.2, 0.25) is 0 Å². The second-order valence-electron chi connectivity index (χ2n) is 1.50. The number of thiol groups is 1. The van der Waals surface area contributed by atoms with Gasteiger partial charge in [-0.25, -0.2) is 0 Å². The van der Waals surface area contributed by atoms with Crippen molar-refractivity contribution in [2.45, 2.75) is 12.8 Å². The van der Waals surface area contributed by atoms with E-state index in [2.05, 4.69) is 17.9 Å². The number of hydrogen-bond donors (Lipinski definition) is 2. The van der Waals surface area contributed by atoms with Crippen LogP contribution in [-0.2, 0) is 4.79 Å². The highest BCUT2D eigenvalue weighted by Gasteiger charge is 1.92. The van der Waals surface area contributed by atoms with Crippen molar-refractivity contribution < 1.29 is 4.79 Å². The summed E-state index contributed by atoms with van der Waals surface area (Å²) in [6, 6.07) is 0. The van der Waals surface area contributed by atoms with Crippen molar-refractivity contribution >= 4 is 18.5 Å². The maximum absolute atomic E-state index is 10.4. The van der Waals surface area contributed by atoms with Gasteiger partial charge in [-0.15, -0.1) is 0 Å². The Morgan fingerprint density at radius 1 is 1.75 bits per heavy atom. The fraction of sp³-hybridized carbons (Fsp3) is 0.800. The summed E-state index contributed by atoms with van der Waals surface area (Å²) in [7, 11) is 1.64. The van der Waals surface area contributed by atoms with Gasteiger partial charge in [0.2, 0.25) is 5.91 Å². The molecular formula is C5H11NOS. The Bertz CT molecular complexity index is 74.8. The van der Waals surface area contributed by atoms with Crippen LogP contribution in [0.25, 0.3) is 0 Å². The molecule has 0 heterocycles. The third-order valence-corrected chi connectivity index (χ3v) is 1.16. The number of carbonyl (C=O) groups is 1. The molecule has 0 aromatic heterocycles. The van der Waals surface area contributed by atoms with Crippen LogP contribution in [0.3, 0.4) is 0 Å². The van der Waals surface area contributed by atoms with Gasteiger partial charge < -0.3 is 5.32 Å². The highest BCUT2D eigenvalue weighted by atomic mass is 32.1. The Balaban J connectivity index is 2.99. The molecule has 0 aromatic rings. The molecule has 0 unspecified atom stereocenters. The summed E-state index contributed by atoms with van der Waals surface area (Å²) in [4.78, 5) is 10.4. The van der Waals surface area contributed by atoms with Crippen LogP contribution in [-0.4, -0.2) is 18.7 Å². The van der Waals surface area contributed by atoms with Crippen molar-refractivity contribution in [3.63, 3.8) is 0 Å². The maximum Gasteiger partial charge on any atom is 0.219 e. The number of carbonyl (C=O) groups excluding carboxylic acids is 1. The molecule has 0 fully saturated rings. The van der Waals surface area contributed by atoms with E-state index in [4.69, 9.17) is 0 Å². The first kappa shape index (κ1) is 7.82. The fourth-order valence-electron chi connectivity index (χ4n) is 0.365. The molecule has 0 spiro atoms. The minimum Gasteiger partial charge on any atom is -0.359 e. The SMILES string of the molecule is CNC(=O)CCCS. The minimum absolute atomic E-state index is 0.0963. The Kier molecular flexibility index (Phi) is 4.85. The largest absolute Gasteiger partial charge is 0.359 e. The van der Waals surface area contributed by atoms with Crippen molar-refractivity contribution in [1.82, 2.24) is 5.32 Å². The number of nitrogens with one attached hydrogen (secondary N) is 1. The summed E-state index contributed by atoms with van der Waals surface area (Å²) < 4.78 is 0. The molecule has 0 saturated carbocycles. The van der Waals surface area contributed by atoms with Gasteiger partial charge in [-0.3, -0.25) is 4.79 Å². The molecule has 1 amide bonds. The summed E-state index contributed by atoms with van der Waals surface area (Å²) >= 11 is 3.95. The summed E-state index contributed by atoms with van der Waals surface area (Å²) in [5, 5.41) is 2.53. The van der Waals surface area contributed by atoms with Gasteiger partial charge >= 0.3 is 0 Å². The molecule has 0 atom stereocenters. The van der Waals surface area contributed by atoms with E-state index in [9.17, 15) is 4.79 Å². The molecule has 0 saturated heterocycles. The molecule has 0 aliphatic carbocycles. The van der Waals surface area contributed by atoms with Crippen LogP contribution < -0.4 is 5.32 Å². The number of rotatable bonds is 3. The topological polar surface area (TPSA) is 29.1 Å². The second-order valence-corrected chi connectivity index (χ2v) is 1.95. The van der Waals surface area contributed by atoms with Crippen LogP contribution >= 0.6 is 12.6 Å². The quantitative estimate of drug-likeness (QED) is 0.537. The molecule has 0 rings (SSSR count). The van der Waals surface area contributed by atoms with Crippen LogP contribution in [0.1, 0.15) is 12.8 Å². The molecule has 1 N–H and O–H groups in total. The maximum atomic E-state index is 10.4. The third-order valence-electron chi connectivity index (χ3n) is 0.841. The van der Waals surface area contributed by atoms with Crippen molar-refractivity contribution in [2.75, 3.05) is 12.8 Å². The molecule has 48 valence electrons. The van der Waals surface area contributed by atoms with Crippen molar-refractivity contribution in [1.29, 1.82) is 0 Å². The van der Waals surface area contributed by atoms with E-state index in [1.165, 1.54) is 0 Å². The number of amides is 1. The smallest absolute Gasteiger partial charge is 0.219 e. The van der Waals surface area contributed by atoms with E-state index in [0.29, 0.717) is 6.42 Å². The standard InChI is InChI=1S/C5H11NOS/c1-6-5(7)3-2-4-8/h8H,2-4H2,1H3,(H,6,7). The molecule has 8 heavy (non-hydrogen) atoms. The minimum atomic E-state index is 0.0963. The van der Waals surface area contributed by atoms with E-state index < -0.39 is 0 Å². The lowest BCUT2D eigenvalue weighted by Gasteiger charge is -1.93. The van der Waals surface area contributed by atoms with E-state index >= 15 is 0 Å². The van der Waals surface area contributed by atoms with Gasteiger partial charge in [-0.1, -0.05) is 0 Å². The average molecular weight is 133 g/mol. The van der Waals surface area contributed by atoms with Crippen LogP contribution in [0.4, 0.5) is 0 Å². The average Bonchev–Trinajstić information content (AvgIpc) is 1.83. The van der Waals surface area contributed by atoms with Gasteiger partial charge in [0.05, 0.1) is 0 Å². The monoisotopic (exact) mass is 133 g/mol. The van der Waals surface area contributed by atoms with Gasteiger partial charge in [0, 0.05) is 13.5 Å². The van der Waals surface area contributed by atoms with Gasteiger partial charge in [0.1, 0.15) is 0 Å². The van der Waals surface area contributed by atoms with E-state index in [0.717, 1.165) is 12.2 Å². The summed E-state index contributed by atoms with van der Waals surface area (Å²) in [5.41, 5.74) is 0. The Labute approximate surface area is 55.1 Å². The molecule has 3 heteroatoms. The molecule has 0 aromatic carbocycles. The van der Waals surface area contributed by atoms with Gasteiger partial charge in [0.25, 0.3) is 0 Å². The molecule has 0 aliphatic heterocycles. The zero-order chi connectivity index (χ0) is 6.41. The zero-order valence-electron chi connectivity index (χ0n) is 4.98. The molecular weight excluding hydrogens is 122 g/mol. The number of hydrogen-bond acceptors (Lipinski definition) is 2. The van der Waals surface area contributed by atoms with E-state index in [-0.39, 0.29) is 5.91 Å². The van der Waals surface area contributed by atoms with Gasteiger partial charge in [0.15, 0.2) is 0 Å². The third kappa shape index (κ3) is 3.99. The summed E-state index contributed by atoms with van der Waals surface area (Å²) in [6.07, 6.45) is 1.46. The van der Waals surface area contributed by atoms with Gasteiger partial charge in [-0.2, -0.15) is 12.6 Å². The van der Waals surface area contributed by atoms with E-state index in [1.807, 2.05) is 0 Å². The lowest BCUT2D eigenvalue weighted by molar-refractivity contribution is -0.120. The lowest BCUT2D eigenvalue weighted by atomic mass is 10.3. The summed E-state index contributed by atoms with van der Waals surface area (Å²) in [5.74, 6) is 0.881. The second kappa shape index (κ2) is 4.97. The Morgan fingerprint density at radius 3 is 2.75 bits per heavy atom. The van der Waals surface area contributed by atoms with Crippen LogP contribution in [0.5, 0.6) is 0 Å².